The normalized spacial score (nSPS) is 10.2. The number of anilines is 1. The van der Waals surface area contributed by atoms with Gasteiger partial charge in [-0.25, -0.2) is 4.98 Å². The van der Waals surface area contributed by atoms with Crippen LogP contribution in [0, 0.1) is 10.5 Å². The van der Waals surface area contributed by atoms with Crippen molar-refractivity contribution >= 4 is 50.2 Å². The molecule has 1 amide bonds. The summed E-state index contributed by atoms with van der Waals surface area (Å²) in [5, 5.41) is 2.78. The third-order valence-corrected chi connectivity index (χ3v) is 3.98. The molecule has 0 aliphatic carbocycles. The van der Waals surface area contributed by atoms with Crippen molar-refractivity contribution in [3.63, 3.8) is 0 Å². The lowest BCUT2D eigenvalue weighted by Crippen LogP contribution is -2.13. The Hall–Kier alpha value is -0.950. The van der Waals surface area contributed by atoms with Crippen LogP contribution in [0.2, 0.25) is 0 Å². The Morgan fingerprint density at radius 2 is 2.11 bits per heavy atom. The molecule has 5 heteroatoms. The van der Waals surface area contributed by atoms with Crippen LogP contribution in [-0.2, 0) is 0 Å². The van der Waals surface area contributed by atoms with Crippen LogP contribution >= 0.6 is 38.5 Å². The van der Waals surface area contributed by atoms with Gasteiger partial charge in [0.2, 0.25) is 0 Å². The molecule has 2 rings (SSSR count). The summed E-state index contributed by atoms with van der Waals surface area (Å²) in [7, 11) is 0. The third kappa shape index (κ3) is 3.29. The number of nitrogens with one attached hydrogen (secondary N) is 1. The predicted octanol–water partition coefficient (Wildman–Crippen LogP) is 4.01. The zero-order valence-electron chi connectivity index (χ0n) is 9.58. The number of carbonyl (C=O) groups is 1. The first-order valence-electron chi connectivity index (χ1n) is 5.26. The smallest absolute Gasteiger partial charge is 0.256 e. The van der Waals surface area contributed by atoms with Crippen molar-refractivity contribution < 1.29 is 4.79 Å². The maximum absolute atomic E-state index is 12.0. The summed E-state index contributed by atoms with van der Waals surface area (Å²) in [5.41, 5.74) is 1.50. The minimum absolute atomic E-state index is 0.163. The summed E-state index contributed by atoms with van der Waals surface area (Å²) in [6.45, 7) is 1.91. The molecule has 18 heavy (non-hydrogen) atoms. The Bertz CT molecular complexity index is 601. The molecular weight excluding hydrogens is 407 g/mol. The fourth-order valence-corrected chi connectivity index (χ4v) is 2.13. The van der Waals surface area contributed by atoms with Gasteiger partial charge < -0.3 is 5.32 Å². The molecule has 92 valence electrons. The van der Waals surface area contributed by atoms with E-state index < -0.39 is 0 Å². The molecule has 0 aliphatic rings. The van der Waals surface area contributed by atoms with Gasteiger partial charge >= 0.3 is 0 Å². The Morgan fingerprint density at radius 3 is 2.78 bits per heavy atom. The van der Waals surface area contributed by atoms with E-state index in [-0.39, 0.29) is 5.91 Å². The van der Waals surface area contributed by atoms with E-state index in [1.165, 1.54) is 0 Å². The van der Waals surface area contributed by atoms with E-state index in [4.69, 9.17) is 0 Å². The van der Waals surface area contributed by atoms with Crippen molar-refractivity contribution in [1.82, 2.24) is 4.98 Å². The van der Waals surface area contributed by atoms with Crippen molar-refractivity contribution in [2.75, 3.05) is 5.32 Å². The van der Waals surface area contributed by atoms with E-state index in [1.807, 2.05) is 25.1 Å². The van der Waals surface area contributed by atoms with Crippen LogP contribution in [0.25, 0.3) is 0 Å². The number of hydrogen-bond donors (Lipinski definition) is 1. The second-order valence-electron chi connectivity index (χ2n) is 3.73. The second-order valence-corrected chi connectivity index (χ2v) is 5.81. The Kier molecular flexibility index (Phi) is 4.34. The molecule has 1 aromatic heterocycles. The second kappa shape index (κ2) is 5.79. The molecular formula is C13H10BrIN2O. The zero-order chi connectivity index (χ0) is 13.1. The van der Waals surface area contributed by atoms with Gasteiger partial charge in [-0.05, 0) is 59.8 Å². The summed E-state index contributed by atoms with van der Waals surface area (Å²) >= 11 is 5.55. The Balaban J connectivity index is 2.18. The van der Waals surface area contributed by atoms with Crippen LogP contribution in [0.5, 0.6) is 0 Å². The monoisotopic (exact) mass is 416 g/mol. The van der Waals surface area contributed by atoms with Crippen LogP contribution in [0.3, 0.4) is 0 Å². The summed E-state index contributed by atoms with van der Waals surface area (Å²) in [4.78, 5) is 16.3. The van der Waals surface area contributed by atoms with Crippen molar-refractivity contribution in [3.8, 4) is 0 Å². The molecule has 0 saturated heterocycles. The molecule has 1 N–H and O–H groups in total. The maximum atomic E-state index is 12.0. The maximum Gasteiger partial charge on any atom is 0.256 e. The molecule has 3 nitrogen and oxygen atoms in total. The molecule has 0 atom stereocenters. The zero-order valence-corrected chi connectivity index (χ0v) is 13.3. The van der Waals surface area contributed by atoms with Gasteiger partial charge in [-0.1, -0.05) is 22.0 Å². The van der Waals surface area contributed by atoms with E-state index in [2.05, 4.69) is 48.8 Å². The fourth-order valence-electron chi connectivity index (χ4n) is 1.43. The van der Waals surface area contributed by atoms with Gasteiger partial charge in [0.1, 0.15) is 5.82 Å². The number of aryl methyl sites for hydroxylation is 1. The number of pyridine rings is 1. The van der Waals surface area contributed by atoms with Crippen LogP contribution in [0.4, 0.5) is 5.82 Å². The molecule has 0 radical (unpaired) electrons. The first kappa shape index (κ1) is 13.5. The Labute approximate surface area is 127 Å². The van der Waals surface area contributed by atoms with Crippen LogP contribution in [0.1, 0.15) is 16.1 Å². The van der Waals surface area contributed by atoms with E-state index in [0.717, 1.165) is 13.7 Å². The number of halogens is 2. The average Bonchev–Trinajstić information content (AvgIpc) is 2.34. The standard InChI is InChI=1S/C13H10BrIN2O/c1-8-11(15)5-6-12(16-8)17-13(18)9-3-2-4-10(14)7-9/h2-7H,1H3,(H,16,17,18). The minimum Gasteiger partial charge on any atom is -0.307 e. The highest BCUT2D eigenvalue weighted by molar-refractivity contribution is 14.1. The minimum atomic E-state index is -0.163. The number of carbonyl (C=O) groups excluding carboxylic acids is 1. The van der Waals surface area contributed by atoms with Crippen molar-refractivity contribution in [3.05, 3.63) is 55.7 Å². The molecule has 0 unspecified atom stereocenters. The largest absolute Gasteiger partial charge is 0.307 e. The number of rotatable bonds is 2. The number of hydrogen-bond acceptors (Lipinski definition) is 2. The van der Waals surface area contributed by atoms with E-state index >= 15 is 0 Å². The van der Waals surface area contributed by atoms with Gasteiger partial charge in [-0.2, -0.15) is 0 Å². The van der Waals surface area contributed by atoms with Gasteiger partial charge in [-0.3, -0.25) is 4.79 Å². The van der Waals surface area contributed by atoms with E-state index in [1.54, 1.807) is 18.2 Å². The van der Waals surface area contributed by atoms with Gasteiger partial charge in [0.05, 0.1) is 5.69 Å². The highest BCUT2D eigenvalue weighted by Crippen LogP contribution is 2.15. The number of nitrogens with zero attached hydrogens (tertiary/aromatic N) is 1. The van der Waals surface area contributed by atoms with Crippen LogP contribution < -0.4 is 5.32 Å². The first-order valence-corrected chi connectivity index (χ1v) is 7.13. The lowest BCUT2D eigenvalue weighted by Gasteiger charge is -2.06. The Morgan fingerprint density at radius 1 is 1.33 bits per heavy atom. The predicted molar refractivity (Wildman–Crippen MR) is 83.8 cm³/mol. The highest BCUT2D eigenvalue weighted by atomic mass is 127. The molecule has 0 saturated carbocycles. The fraction of sp³-hybridized carbons (Fsp3) is 0.0769. The lowest BCUT2D eigenvalue weighted by atomic mass is 10.2. The van der Waals surface area contributed by atoms with E-state index in [9.17, 15) is 4.79 Å². The summed E-state index contributed by atoms with van der Waals surface area (Å²) < 4.78 is 1.95. The summed E-state index contributed by atoms with van der Waals surface area (Å²) in [6, 6.07) is 11.0. The van der Waals surface area contributed by atoms with Crippen LogP contribution in [-0.4, -0.2) is 10.9 Å². The molecule has 1 aromatic carbocycles. The third-order valence-electron chi connectivity index (χ3n) is 2.35. The molecule has 1 heterocycles. The SMILES string of the molecule is Cc1nc(NC(=O)c2cccc(Br)c2)ccc1I. The van der Waals surface area contributed by atoms with Crippen molar-refractivity contribution in [1.29, 1.82) is 0 Å². The van der Waals surface area contributed by atoms with Gasteiger partial charge in [0.25, 0.3) is 5.91 Å². The molecule has 0 aliphatic heterocycles. The van der Waals surface area contributed by atoms with Gasteiger partial charge in [-0.15, -0.1) is 0 Å². The molecule has 0 fully saturated rings. The molecule has 0 spiro atoms. The molecule has 2 aromatic rings. The average molecular weight is 417 g/mol. The number of aromatic nitrogens is 1. The van der Waals surface area contributed by atoms with Crippen LogP contribution in [0.15, 0.2) is 40.9 Å². The van der Waals surface area contributed by atoms with Crippen molar-refractivity contribution in [2.24, 2.45) is 0 Å². The topological polar surface area (TPSA) is 42.0 Å². The molecule has 0 bridgehead atoms. The van der Waals surface area contributed by atoms with Gasteiger partial charge in [0, 0.05) is 13.6 Å². The van der Waals surface area contributed by atoms with Crippen molar-refractivity contribution in [2.45, 2.75) is 6.92 Å². The van der Waals surface area contributed by atoms with E-state index in [0.29, 0.717) is 11.4 Å². The lowest BCUT2D eigenvalue weighted by molar-refractivity contribution is 0.102. The van der Waals surface area contributed by atoms with Gasteiger partial charge in [0.15, 0.2) is 0 Å². The summed E-state index contributed by atoms with van der Waals surface area (Å²) in [5.74, 6) is 0.405. The number of benzene rings is 1. The quantitative estimate of drug-likeness (QED) is 0.751. The summed E-state index contributed by atoms with van der Waals surface area (Å²) in [6.07, 6.45) is 0. The highest BCUT2D eigenvalue weighted by Gasteiger charge is 2.07. The first-order chi connectivity index (χ1) is 8.56. The number of amides is 1.